The second-order valence-corrected chi connectivity index (χ2v) is 14.0. The molecule has 0 bridgehead atoms. The zero-order valence-corrected chi connectivity index (χ0v) is 25.9. The van der Waals surface area contributed by atoms with E-state index >= 15 is 4.57 Å². The highest BCUT2D eigenvalue weighted by Crippen LogP contribution is 2.42. The van der Waals surface area contributed by atoms with Gasteiger partial charge in [0.05, 0.1) is 0 Å². The molecular weight excluding hydrogens is 535 g/mol. The molecule has 0 saturated heterocycles. The van der Waals surface area contributed by atoms with Gasteiger partial charge >= 0.3 is 0 Å². The highest BCUT2D eigenvalue weighted by Gasteiger charge is 2.30. The van der Waals surface area contributed by atoms with E-state index in [2.05, 4.69) is 0 Å². The fourth-order valence-electron chi connectivity index (χ4n) is 6.10. The lowest BCUT2D eigenvalue weighted by atomic mass is 9.93. The van der Waals surface area contributed by atoms with Crippen molar-refractivity contribution < 1.29 is 14.2 Å². The number of ketones is 2. The summed E-state index contributed by atoms with van der Waals surface area (Å²) in [6.07, 6.45) is 0. The highest BCUT2D eigenvalue weighted by atomic mass is 31.2. The summed E-state index contributed by atoms with van der Waals surface area (Å²) in [5, 5.41) is 1.96. The average molecular weight is 571 g/mol. The first kappa shape index (κ1) is 29.2. The molecule has 0 saturated carbocycles. The minimum atomic E-state index is -3.29. The summed E-state index contributed by atoms with van der Waals surface area (Å²) in [5.41, 5.74) is 8.55. The zero-order chi connectivity index (χ0) is 30.2. The van der Waals surface area contributed by atoms with Gasteiger partial charge in [0.25, 0.3) is 0 Å². The van der Waals surface area contributed by atoms with Gasteiger partial charge < -0.3 is 4.57 Å². The molecule has 5 aromatic rings. The predicted molar refractivity (Wildman–Crippen MR) is 174 cm³/mol. The number of hydrogen-bond acceptors (Lipinski definition) is 3. The Morgan fingerprint density at radius 2 is 0.762 bits per heavy atom. The van der Waals surface area contributed by atoms with Crippen LogP contribution in [0.3, 0.4) is 0 Å². The molecule has 0 spiro atoms. The van der Waals surface area contributed by atoms with Gasteiger partial charge in [-0.1, -0.05) is 114 Å². The number of benzene rings is 5. The summed E-state index contributed by atoms with van der Waals surface area (Å²) in [6.45, 7) is 11.9. The van der Waals surface area contributed by atoms with Gasteiger partial charge in [-0.05, 0) is 63.8 Å². The minimum Gasteiger partial charge on any atom is -0.309 e. The highest BCUT2D eigenvalue weighted by molar-refractivity contribution is 7.85. The molecule has 0 N–H and O–H groups in total. The topological polar surface area (TPSA) is 51.2 Å². The third-order valence-electron chi connectivity index (χ3n) is 7.91. The fraction of sp³-hybridized carbons (Fsp3) is 0.158. The van der Waals surface area contributed by atoms with Crippen molar-refractivity contribution in [3.8, 4) is 0 Å². The largest absolute Gasteiger partial charge is 0.309 e. The molecule has 4 heteroatoms. The summed E-state index contributed by atoms with van der Waals surface area (Å²) >= 11 is 0. The number of aryl methyl sites for hydroxylation is 6. The lowest BCUT2D eigenvalue weighted by Gasteiger charge is -2.21. The second kappa shape index (κ2) is 11.5. The molecule has 0 amide bonds. The molecule has 3 nitrogen and oxygen atoms in total. The summed E-state index contributed by atoms with van der Waals surface area (Å²) in [7, 11) is -3.29. The molecule has 0 aromatic heterocycles. The van der Waals surface area contributed by atoms with Crippen LogP contribution in [0.2, 0.25) is 0 Å². The molecule has 5 aromatic carbocycles. The van der Waals surface area contributed by atoms with E-state index in [1.807, 2.05) is 96.1 Å². The lowest BCUT2D eigenvalue weighted by Crippen LogP contribution is -2.25. The number of carbonyl (C=O) groups is 2. The third-order valence-corrected chi connectivity index (χ3v) is 11.0. The van der Waals surface area contributed by atoms with E-state index in [9.17, 15) is 9.59 Å². The predicted octanol–water partition coefficient (Wildman–Crippen LogP) is 7.64. The quantitative estimate of drug-likeness (QED) is 0.149. The number of rotatable bonds is 7. The number of carbonyl (C=O) groups excluding carboxylic acids is 2. The van der Waals surface area contributed by atoms with Crippen LogP contribution < -0.4 is 15.9 Å². The molecule has 0 radical (unpaired) electrons. The van der Waals surface area contributed by atoms with Crippen LogP contribution in [0.15, 0.2) is 103 Å². The maximum atomic E-state index is 15.0. The molecular formula is C38H35O3P. The maximum Gasteiger partial charge on any atom is 0.193 e. The van der Waals surface area contributed by atoms with E-state index < -0.39 is 7.14 Å². The van der Waals surface area contributed by atoms with Crippen LogP contribution in [-0.2, 0) is 4.57 Å². The Kier molecular flexibility index (Phi) is 7.99. The molecule has 0 heterocycles. The van der Waals surface area contributed by atoms with Crippen molar-refractivity contribution in [2.75, 3.05) is 0 Å². The standard InChI is InChI=1S/C38H35O3P/c1-24-20-26(3)35(27(4)21-24)37(39)30-12-16-33(17-13-30)42(41,32-10-8-7-9-11-32)34-18-14-31(15-19-34)38(40)36-28(5)22-25(2)23-29(36)6/h7-23H,1-6H3. The van der Waals surface area contributed by atoms with Crippen molar-refractivity contribution in [3.63, 3.8) is 0 Å². The van der Waals surface area contributed by atoms with E-state index in [4.69, 9.17) is 0 Å². The van der Waals surface area contributed by atoms with Crippen molar-refractivity contribution in [2.45, 2.75) is 41.5 Å². The summed E-state index contributed by atoms with van der Waals surface area (Å²) in [5.74, 6) is -0.0914. The zero-order valence-electron chi connectivity index (χ0n) is 25.0. The SMILES string of the molecule is Cc1cc(C)c(C(=O)c2ccc(P(=O)(c3ccccc3)c3ccc(C(=O)c4c(C)cc(C)cc4C)cc3)cc2)c(C)c1. The summed E-state index contributed by atoms with van der Waals surface area (Å²) in [6, 6.07) is 31.8. The maximum absolute atomic E-state index is 15.0. The van der Waals surface area contributed by atoms with Crippen LogP contribution in [-0.4, -0.2) is 11.6 Å². The van der Waals surface area contributed by atoms with E-state index in [1.54, 1.807) is 48.5 Å². The molecule has 42 heavy (non-hydrogen) atoms. The van der Waals surface area contributed by atoms with Gasteiger partial charge in [0.15, 0.2) is 18.7 Å². The Balaban J connectivity index is 1.54. The van der Waals surface area contributed by atoms with E-state index in [1.165, 1.54) is 0 Å². The van der Waals surface area contributed by atoms with Crippen LogP contribution in [0.5, 0.6) is 0 Å². The van der Waals surface area contributed by atoms with Crippen LogP contribution >= 0.6 is 7.14 Å². The monoisotopic (exact) mass is 570 g/mol. The van der Waals surface area contributed by atoms with E-state index in [0.717, 1.165) is 33.4 Å². The van der Waals surface area contributed by atoms with Crippen LogP contribution in [0, 0.1) is 41.5 Å². The second-order valence-electron chi connectivity index (χ2n) is 11.2. The van der Waals surface area contributed by atoms with Gasteiger partial charge in [-0.2, -0.15) is 0 Å². The average Bonchev–Trinajstić information content (AvgIpc) is 2.96. The van der Waals surface area contributed by atoms with Crippen molar-refractivity contribution in [1.29, 1.82) is 0 Å². The van der Waals surface area contributed by atoms with Crippen LogP contribution in [0.1, 0.15) is 65.2 Å². The summed E-state index contributed by atoms with van der Waals surface area (Å²) < 4.78 is 15.0. The van der Waals surface area contributed by atoms with Gasteiger partial charge in [0.2, 0.25) is 0 Å². The molecule has 0 atom stereocenters. The molecule has 0 aliphatic carbocycles. The molecule has 5 rings (SSSR count). The van der Waals surface area contributed by atoms with Crippen LogP contribution in [0.4, 0.5) is 0 Å². The normalized spacial score (nSPS) is 11.4. The smallest absolute Gasteiger partial charge is 0.193 e. The lowest BCUT2D eigenvalue weighted by molar-refractivity contribution is 0.102. The molecule has 0 aliphatic rings. The molecule has 210 valence electrons. The fourth-order valence-corrected chi connectivity index (χ4v) is 8.72. The Morgan fingerprint density at radius 1 is 0.452 bits per heavy atom. The van der Waals surface area contributed by atoms with Crippen molar-refractivity contribution in [2.24, 2.45) is 0 Å². The Labute approximate surface area is 248 Å². The Morgan fingerprint density at radius 3 is 1.10 bits per heavy atom. The molecule has 0 unspecified atom stereocenters. The Bertz CT molecular complexity index is 1700. The van der Waals surface area contributed by atoms with Crippen LogP contribution in [0.25, 0.3) is 0 Å². The summed E-state index contributed by atoms with van der Waals surface area (Å²) in [4.78, 5) is 27.0. The molecule has 0 aliphatic heterocycles. The van der Waals surface area contributed by atoms with E-state index in [0.29, 0.717) is 38.2 Å². The van der Waals surface area contributed by atoms with Gasteiger partial charge in [-0.15, -0.1) is 0 Å². The van der Waals surface area contributed by atoms with Gasteiger partial charge in [0, 0.05) is 38.2 Å². The van der Waals surface area contributed by atoms with Gasteiger partial charge in [0.1, 0.15) is 0 Å². The molecule has 0 fully saturated rings. The first-order valence-corrected chi connectivity index (χ1v) is 15.8. The van der Waals surface area contributed by atoms with Crippen molar-refractivity contribution >= 4 is 34.6 Å². The minimum absolute atomic E-state index is 0.0457. The first-order valence-electron chi connectivity index (χ1n) is 14.1. The number of hydrogen-bond donors (Lipinski definition) is 0. The van der Waals surface area contributed by atoms with Gasteiger partial charge in [-0.25, -0.2) is 0 Å². The van der Waals surface area contributed by atoms with Gasteiger partial charge in [-0.3, -0.25) is 9.59 Å². The Hall–Kier alpha value is -4.33. The van der Waals surface area contributed by atoms with Crippen molar-refractivity contribution in [3.05, 3.63) is 159 Å². The van der Waals surface area contributed by atoms with E-state index in [-0.39, 0.29) is 11.6 Å². The first-order chi connectivity index (χ1) is 20.0. The third kappa shape index (κ3) is 5.33. The van der Waals surface area contributed by atoms with Crippen molar-refractivity contribution in [1.82, 2.24) is 0 Å².